The molecule has 0 aliphatic heterocycles. The molecule has 0 heterocycles. The van der Waals surface area contributed by atoms with Crippen LogP contribution in [0.3, 0.4) is 0 Å². The molecule has 0 radical (unpaired) electrons. The molecule has 0 spiro atoms. The molecule has 2 amide bonds. The summed E-state index contributed by atoms with van der Waals surface area (Å²) in [5.74, 6) is -1.75. The average molecular weight is 397 g/mol. The fourth-order valence-electron chi connectivity index (χ4n) is 1.99. The van der Waals surface area contributed by atoms with Crippen LogP contribution < -0.4 is 5.32 Å². The summed E-state index contributed by atoms with van der Waals surface area (Å²) in [5.41, 5.74) is 0.282. The van der Waals surface area contributed by atoms with Gasteiger partial charge in [0.2, 0.25) is 0 Å². The fourth-order valence-corrected chi connectivity index (χ4v) is 2.12. The van der Waals surface area contributed by atoms with Gasteiger partial charge in [0.1, 0.15) is 5.60 Å². The summed E-state index contributed by atoms with van der Waals surface area (Å²) >= 11 is 5.84. The Morgan fingerprint density at radius 2 is 1.81 bits per heavy atom. The van der Waals surface area contributed by atoms with Crippen molar-refractivity contribution in [1.82, 2.24) is 10.2 Å². The Balaban J connectivity index is 2.64. The van der Waals surface area contributed by atoms with Gasteiger partial charge in [0.25, 0.3) is 0 Å². The number of methoxy groups -OCH3 is 1. The molecule has 0 saturated carbocycles. The van der Waals surface area contributed by atoms with Crippen LogP contribution in [0, 0.1) is 0 Å². The van der Waals surface area contributed by atoms with E-state index < -0.39 is 23.6 Å². The van der Waals surface area contributed by atoms with E-state index in [2.05, 4.69) is 10.1 Å². The molecule has 1 N–H and O–H groups in total. The van der Waals surface area contributed by atoms with Crippen molar-refractivity contribution in [3.05, 3.63) is 40.9 Å². The van der Waals surface area contributed by atoms with Crippen LogP contribution in [0.1, 0.15) is 26.3 Å². The van der Waals surface area contributed by atoms with Crippen LogP contribution in [0.4, 0.5) is 4.79 Å². The van der Waals surface area contributed by atoms with Crippen molar-refractivity contribution in [3.8, 4) is 0 Å². The molecule has 0 unspecified atom stereocenters. The third-order valence-electron chi connectivity index (χ3n) is 3.20. The van der Waals surface area contributed by atoms with Gasteiger partial charge in [-0.05, 0) is 38.5 Å². The molecule has 0 aliphatic carbocycles. The molecule has 8 heteroatoms. The van der Waals surface area contributed by atoms with E-state index in [-0.39, 0.29) is 19.6 Å². The number of alkyl carbamates (subject to hydrolysis) is 1. The molecular weight excluding hydrogens is 372 g/mol. The Morgan fingerprint density at radius 1 is 1.19 bits per heavy atom. The Bertz CT molecular complexity index is 680. The van der Waals surface area contributed by atoms with Gasteiger partial charge in [0, 0.05) is 24.7 Å². The molecule has 7 nitrogen and oxygen atoms in total. The SMILES string of the molecule is COC(=O)C(=O)N(C/C=C/c1ccc(Cl)cc1)CCNC(=O)OC(C)(C)C. The van der Waals surface area contributed by atoms with Crippen molar-refractivity contribution in [2.45, 2.75) is 26.4 Å². The molecule has 0 bridgehead atoms. The predicted octanol–water partition coefficient (Wildman–Crippen LogP) is 2.88. The number of carbonyl (C=O) groups excluding carboxylic acids is 3. The molecule has 1 aromatic rings. The number of nitrogens with zero attached hydrogens (tertiary/aromatic N) is 1. The summed E-state index contributed by atoms with van der Waals surface area (Å²) < 4.78 is 9.61. The first-order valence-electron chi connectivity index (χ1n) is 8.38. The van der Waals surface area contributed by atoms with Crippen molar-refractivity contribution >= 4 is 35.6 Å². The minimum Gasteiger partial charge on any atom is -0.462 e. The number of amides is 2. The largest absolute Gasteiger partial charge is 0.462 e. The standard InChI is InChI=1S/C19H25ClN2O5/c1-19(2,3)27-18(25)21-11-13-22(16(23)17(24)26-4)12-5-6-14-7-9-15(20)10-8-14/h5-10H,11-13H2,1-4H3,(H,21,25)/b6-5+. The maximum absolute atomic E-state index is 12.1. The number of nitrogens with one attached hydrogen (secondary N) is 1. The number of esters is 1. The summed E-state index contributed by atoms with van der Waals surface area (Å²) in [6.07, 6.45) is 2.94. The van der Waals surface area contributed by atoms with E-state index >= 15 is 0 Å². The number of hydrogen-bond donors (Lipinski definition) is 1. The summed E-state index contributed by atoms with van der Waals surface area (Å²) in [5, 5.41) is 3.18. The summed E-state index contributed by atoms with van der Waals surface area (Å²) in [6, 6.07) is 7.16. The van der Waals surface area contributed by atoms with Gasteiger partial charge in [0.05, 0.1) is 7.11 Å². The fraction of sp³-hybridized carbons (Fsp3) is 0.421. The lowest BCUT2D eigenvalue weighted by Gasteiger charge is -2.22. The molecule has 0 atom stereocenters. The molecule has 0 aromatic heterocycles. The van der Waals surface area contributed by atoms with Gasteiger partial charge in [-0.3, -0.25) is 4.79 Å². The summed E-state index contributed by atoms with van der Waals surface area (Å²) in [4.78, 5) is 36.6. The maximum Gasteiger partial charge on any atom is 0.407 e. The number of hydrogen-bond acceptors (Lipinski definition) is 5. The Hall–Kier alpha value is -2.54. The van der Waals surface area contributed by atoms with E-state index in [4.69, 9.17) is 16.3 Å². The highest BCUT2D eigenvalue weighted by Gasteiger charge is 2.22. The second kappa shape index (κ2) is 10.6. The van der Waals surface area contributed by atoms with Gasteiger partial charge in [-0.15, -0.1) is 0 Å². The van der Waals surface area contributed by atoms with Crippen molar-refractivity contribution in [1.29, 1.82) is 0 Å². The number of benzene rings is 1. The Kier molecular flexibility index (Phi) is 8.81. The van der Waals surface area contributed by atoms with E-state index in [1.165, 1.54) is 4.90 Å². The Labute approximate surface area is 164 Å². The molecule has 27 heavy (non-hydrogen) atoms. The molecular formula is C19H25ClN2O5. The van der Waals surface area contributed by atoms with Crippen molar-refractivity contribution in [2.24, 2.45) is 0 Å². The van der Waals surface area contributed by atoms with E-state index in [0.717, 1.165) is 12.7 Å². The third kappa shape index (κ3) is 9.10. The molecule has 0 saturated heterocycles. The minimum absolute atomic E-state index is 0.123. The lowest BCUT2D eigenvalue weighted by atomic mass is 10.2. The van der Waals surface area contributed by atoms with Crippen LogP contribution in [-0.4, -0.2) is 55.2 Å². The van der Waals surface area contributed by atoms with Crippen LogP contribution >= 0.6 is 11.6 Å². The van der Waals surface area contributed by atoms with Crippen LogP contribution in [-0.2, 0) is 19.1 Å². The van der Waals surface area contributed by atoms with Gasteiger partial charge < -0.3 is 19.7 Å². The van der Waals surface area contributed by atoms with Gasteiger partial charge in [-0.25, -0.2) is 9.59 Å². The van der Waals surface area contributed by atoms with E-state index in [0.29, 0.717) is 5.02 Å². The smallest absolute Gasteiger partial charge is 0.407 e. The lowest BCUT2D eigenvalue weighted by Crippen LogP contribution is -2.43. The summed E-state index contributed by atoms with van der Waals surface area (Å²) in [6.45, 7) is 5.68. The number of carbonyl (C=O) groups is 3. The molecule has 148 valence electrons. The monoisotopic (exact) mass is 396 g/mol. The van der Waals surface area contributed by atoms with Crippen LogP contribution in [0.2, 0.25) is 5.02 Å². The zero-order valence-electron chi connectivity index (χ0n) is 16.0. The van der Waals surface area contributed by atoms with Gasteiger partial charge in [-0.2, -0.15) is 0 Å². The van der Waals surface area contributed by atoms with Crippen molar-refractivity contribution in [3.63, 3.8) is 0 Å². The number of halogens is 1. The van der Waals surface area contributed by atoms with Gasteiger partial charge in [0.15, 0.2) is 0 Å². The van der Waals surface area contributed by atoms with Gasteiger partial charge in [-0.1, -0.05) is 35.9 Å². The third-order valence-corrected chi connectivity index (χ3v) is 3.46. The first kappa shape index (κ1) is 22.5. The highest BCUT2D eigenvalue weighted by molar-refractivity contribution is 6.32. The molecule has 1 rings (SSSR count). The topological polar surface area (TPSA) is 84.9 Å². The first-order valence-corrected chi connectivity index (χ1v) is 8.76. The van der Waals surface area contributed by atoms with E-state index in [9.17, 15) is 14.4 Å². The normalized spacial score (nSPS) is 11.1. The average Bonchev–Trinajstić information content (AvgIpc) is 2.59. The number of ether oxygens (including phenoxy) is 2. The quantitative estimate of drug-likeness (QED) is 0.590. The zero-order valence-corrected chi connectivity index (χ0v) is 16.7. The van der Waals surface area contributed by atoms with E-state index in [1.54, 1.807) is 45.1 Å². The molecule has 0 aliphatic rings. The van der Waals surface area contributed by atoms with Crippen LogP contribution in [0.15, 0.2) is 30.3 Å². The zero-order chi connectivity index (χ0) is 20.4. The summed E-state index contributed by atoms with van der Waals surface area (Å²) in [7, 11) is 1.14. The molecule has 1 aromatic carbocycles. The lowest BCUT2D eigenvalue weighted by molar-refractivity contribution is -0.157. The second-order valence-corrected chi connectivity index (χ2v) is 7.06. The van der Waals surface area contributed by atoms with Crippen molar-refractivity contribution in [2.75, 3.05) is 26.7 Å². The first-order chi connectivity index (χ1) is 12.6. The van der Waals surface area contributed by atoms with Crippen molar-refractivity contribution < 1.29 is 23.9 Å². The van der Waals surface area contributed by atoms with E-state index in [1.807, 2.05) is 12.1 Å². The highest BCUT2D eigenvalue weighted by atomic mass is 35.5. The van der Waals surface area contributed by atoms with Crippen LogP contribution in [0.25, 0.3) is 6.08 Å². The predicted molar refractivity (Wildman–Crippen MR) is 103 cm³/mol. The molecule has 0 fully saturated rings. The van der Waals surface area contributed by atoms with Crippen LogP contribution in [0.5, 0.6) is 0 Å². The second-order valence-electron chi connectivity index (χ2n) is 6.63. The maximum atomic E-state index is 12.1. The minimum atomic E-state index is -0.966. The van der Waals surface area contributed by atoms with Gasteiger partial charge >= 0.3 is 18.0 Å². The Morgan fingerprint density at radius 3 is 2.37 bits per heavy atom. The highest BCUT2D eigenvalue weighted by Crippen LogP contribution is 2.10. The number of rotatable bonds is 6.